The molecule has 0 saturated heterocycles. The Morgan fingerprint density at radius 2 is 1.37 bits per heavy atom. The SMILES string of the molecule is CS(=O)(=O)NC1CCCCC1NS(=O)(=O)C(F)(F)F. The zero-order chi connectivity index (χ0) is 14.9. The van der Waals surface area contributed by atoms with E-state index in [0.717, 1.165) is 6.26 Å². The number of sulfonamides is 2. The molecule has 0 amide bonds. The minimum absolute atomic E-state index is 0.155. The van der Waals surface area contributed by atoms with E-state index in [1.165, 1.54) is 4.72 Å². The van der Waals surface area contributed by atoms with Gasteiger partial charge in [0.15, 0.2) is 0 Å². The molecule has 0 heterocycles. The van der Waals surface area contributed by atoms with Gasteiger partial charge in [0, 0.05) is 12.1 Å². The van der Waals surface area contributed by atoms with Gasteiger partial charge < -0.3 is 0 Å². The summed E-state index contributed by atoms with van der Waals surface area (Å²) >= 11 is 0. The topological polar surface area (TPSA) is 92.3 Å². The Bertz CT molecular complexity index is 515. The van der Waals surface area contributed by atoms with Crippen molar-refractivity contribution in [1.82, 2.24) is 9.44 Å². The summed E-state index contributed by atoms with van der Waals surface area (Å²) in [5.74, 6) is 0. The first-order valence-electron chi connectivity index (χ1n) is 5.48. The van der Waals surface area contributed by atoms with Crippen LogP contribution in [0, 0.1) is 0 Å². The Hall–Kier alpha value is -0.390. The Morgan fingerprint density at radius 1 is 0.947 bits per heavy atom. The summed E-state index contributed by atoms with van der Waals surface area (Å²) in [5.41, 5.74) is -5.40. The Labute approximate surface area is 109 Å². The molecule has 0 aromatic rings. The van der Waals surface area contributed by atoms with E-state index < -0.39 is 37.6 Å². The van der Waals surface area contributed by atoms with Crippen LogP contribution >= 0.6 is 0 Å². The maximum absolute atomic E-state index is 12.3. The van der Waals surface area contributed by atoms with Crippen LogP contribution in [0.4, 0.5) is 13.2 Å². The van der Waals surface area contributed by atoms with Crippen LogP contribution in [0.15, 0.2) is 0 Å². The molecule has 0 aliphatic heterocycles. The average Bonchev–Trinajstić information content (AvgIpc) is 2.16. The van der Waals surface area contributed by atoms with E-state index in [1.54, 1.807) is 0 Å². The lowest BCUT2D eigenvalue weighted by Crippen LogP contribution is -2.54. The van der Waals surface area contributed by atoms with Gasteiger partial charge in [-0.3, -0.25) is 0 Å². The number of nitrogens with one attached hydrogen (secondary N) is 2. The van der Waals surface area contributed by atoms with E-state index in [-0.39, 0.29) is 12.8 Å². The first kappa shape index (κ1) is 16.7. The van der Waals surface area contributed by atoms with Crippen LogP contribution in [-0.2, 0) is 20.0 Å². The van der Waals surface area contributed by atoms with E-state index in [4.69, 9.17) is 0 Å². The fourth-order valence-electron chi connectivity index (χ4n) is 1.95. The van der Waals surface area contributed by atoms with Crippen molar-refractivity contribution in [3.05, 3.63) is 0 Å². The third kappa shape index (κ3) is 4.89. The van der Waals surface area contributed by atoms with Crippen LogP contribution in [0.2, 0.25) is 0 Å². The van der Waals surface area contributed by atoms with Crippen LogP contribution < -0.4 is 9.44 Å². The van der Waals surface area contributed by atoms with Crippen LogP contribution in [0.3, 0.4) is 0 Å². The smallest absolute Gasteiger partial charge is 0.213 e. The molecule has 2 N–H and O–H groups in total. The Balaban J connectivity index is 2.85. The van der Waals surface area contributed by atoms with E-state index >= 15 is 0 Å². The van der Waals surface area contributed by atoms with E-state index in [9.17, 15) is 30.0 Å². The van der Waals surface area contributed by atoms with Crippen LogP contribution in [0.25, 0.3) is 0 Å². The summed E-state index contributed by atoms with van der Waals surface area (Å²) in [4.78, 5) is 0. The summed E-state index contributed by atoms with van der Waals surface area (Å²) in [6, 6.07) is -1.95. The normalized spacial score (nSPS) is 26.3. The van der Waals surface area contributed by atoms with Crippen molar-refractivity contribution >= 4 is 20.0 Å². The highest BCUT2D eigenvalue weighted by atomic mass is 32.2. The molecule has 19 heavy (non-hydrogen) atoms. The summed E-state index contributed by atoms with van der Waals surface area (Å²) < 4.78 is 84.7. The maximum Gasteiger partial charge on any atom is 0.511 e. The second-order valence-electron chi connectivity index (χ2n) is 4.45. The lowest BCUT2D eigenvalue weighted by Gasteiger charge is -2.32. The van der Waals surface area contributed by atoms with Crippen LogP contribution in [-0.4, -0.2) is 40.7 Å². The molecule has 1 rings (SSSR count). The monoisotopic (exact) mass is 324 g/mol. The predicted octanol–water partition coefficient (Wildman–Crippen LogP) is 0.286. The van der Waals surface area contributed by atoms with Crippen molar-refractivity contribution < 1.29 is 30.0 Å². The molecule has 2 atom stereocenters. The first-order valence-corrected chi connectivity index (χ1v) is 8.86. The van der Waals surface area contributed by atoms with Gasteiger partial charge in [0.05, 0.1) is 6.26 Å². The summed E-state index contributed by atoms with van der Waals surface area (Å²) in [7, 11) is -9.08. The minimum atomic E-state index is -5.47. The van der Waals surface area contributed by atoms with Gasteiger partial charge in [0.2, 0.25) is 10.0 Å². The quantitative estimate of drug-likeness (QED) is 0.777. The second-order valence-corrected chi connectivity index (χ2v) is 7.94. The number of rotatable bonds is 4. The van der Waals surface area contributed by atoms with Gasteiger partial charge in [-0.2, -0.15) is 13.2 Å². The molecule has 11 heteroatoms. The standard InChI is InChI=1S/C8H15F3N2O4S2/c1-18(14,15)12-6-4-2-3-5-7(6)13-19(16,17)8(9,10)11/h6-7,12-13H,2-5H2,1H3. The molecule has 114 valence electrons. The highest BCUT2D eigenvalue weighted by molar-refractivity contribution is 7.90. The van der Waals surface area contributed by atoms with Crippen molar-refractivity contribution in [1.29, 1.82) is 0 Å². The van der Waals surface area contributed by atoms with Gasteiger partial charge in [0.25, 0.3) is 0 Å². The molecule has 0 bridgehead atoms. The molecule has 1 saturated carbocycles. The van der Waals surface area contributed by atoms with Crippen molar-refractivity contribution in [2.24, 2.45) is 0 Å². The highest BCUT2D eigenvalue weighted by Crippen LogP contribution is 2.25. The van der Waals surface area contributed by atoms with Crippen molar-refractivity contribution in [2.75, 3.05) is 6.26 Å². The summed E-state index contributed by atoms with van der Waals surface area (Å²) in [6.07, 6.45) is 2.47. The molecule has 1 aliphatic carbocycles. The molecule has 2 unspecified atom stereocenters. The van der Waals surface area contributed by atoms with Crippen LogP contribution in [0.1, 0.15) is 25.7 Å². The maximum atomic E-state index is 12.3. The molecular weight excluding hydrogens is 309 g/mol. The highest BCUT2D eigenvalue weighted by Gasteiger charge is 2.47. The molecule has 1 aliphatic rings. The zero-order valence-corrected chi connectivity index (χ0v) is 11.7. The Morgan fingerprint density at radius 3 is 1.74 bits per heavy atom. The van der Waals surface area contributed by atoms with Gasteiger partial charge >= 0.3 is 15.5 Å². The van der Waals surface area contributed by atoms with Crippen molar-refractivity contribution in [2.45, 2.75) is 43.3 Å². The van der Waals surface area contributed by atoms with Gasteiger partial charge in [-0.05, 0) is 12.8 Å². The molecule has 1 fully saturated rings. The van der Waals surface area contributed by atoms with Gasteiger partial charge in [0.1, 0.15) is 0 Å². The molecule has 0 spiro atoms. The number of hydrogen-bond acceptors (Lipinski definition) is 4. The fourth-order valence-corrected chi connectivity index (χ4v) is 3.60. The second kappa shape index (κ2) is 5.54. The first-order chi connectivity index (χ1) is 8.42. The third-order valence-corrected chi connectivity index (χ3v) is 4.70. The zero-order valence-electron chi connectivity index (χ0n) is 10.1. The van der Waals surface area contributed by atoms with E-state index in [0.29, 0.717) is 12.8 Å². The summed E-state index contributed by atoms with van der Waals surface area (Å²) in [5, 5.41) is 0. The molecule has 6 nitrogen and oxygen atoms in total. The average molecular weight is 324 g/mol. The van der Waals surface area contributed by atoms with E-state index in [2.05, 4.69) is 4.72 Å². The number of halogens is 3. The Kier molecular flexibility index (Phi) is 4.86. The summed E-state index contributed by atoms with van der Waals surface area (Å²) in [6.45, 7) is 0. The van der Waals surface area contributed by atoms with Gasteiger partial charge in [-0.15, -0.1) is 0 Å². The lowest BCUT2D eigenvalue weighted by molar-refractivity contribution is -0.0452. The van der Waals surface area contributed by atoms with Gasteiger partial charge in [-0.25, -0.2) is 26.3 Å². The minimum Gasteiger partial charge on any atom is -0.213 e. The van der Waals surface area contributed by atoms with Gasteiger partial charge in [-0.1, -0.05) is 12.8 Å². The van der Waals surface area contributed by atoms with Crippen molar-refractivity contribution in [3.63, 3.8) is 0 Å². The molecule has 0 aromatic heterocycles. The van der Waals surface area contributed by atoms with Crippen molar-refractivity contribution in [3.8, 4) is 0 Å². The van der Waals surface area contributed by atoms with Crippen LogP contribution in [0.5, 0.6) is 0 Å². The number of alkyl halides is 3. The lowest BCUT2D eigenvalue weighted by atomic mass is 9.92. The largest absolute Gasteiger partial charge is 0.511 e. The predicted molar refractivity (Wildman–Crippen MR) is 62.1 cm³/mol. The van der Waals surface area contributed by atoms with E-state index in [1.807, 2.05) is 0 Å². The molecule has 0 aromatic carbocycles. The fraction of sp³-hybridized carbons (Fsp3) is 1.00. The number of hydrogen-bond donors (Lipinski definition) is 2. The molecular formula is C8H15F3N2O4S2. The molecule has 0 radical (unpaired) electrons. The third-order valence-electron chi connectivity index (χ3n) is 2.74.